The molecule has 0 fully saturated rings. The van der Waals surface area contributed by atoms with Crippen LogP contribution in [0.5, 0.6) is 0 Å². The van der Waals surface area contributed by atoms with Gasteiger partial charge in [0.25, 0.3) is 5.91 Å². The minimum absolute atomic E-state index is 0.00273. The zero-order chi connectivity index (χ0) is 17.3. The summed E-state index contributed by atoms with van der Waals surface area (Å²) < 4.78 is 23.5. The topological polar surface area (TPSA) is 91.9 Å². The summed E-state index contributed by atoms with van der Waals surface area (Å²) in [4.78, 5) is 12.3. The van der Waals surface area contributed by atoms with E-state index in [1.165, 1.54) is 12.1 Å². The Morgan fingerprint density at radius 1 is 1.26 bits per heavy atom. The van der Waals surface area contributed by atoms with E-state index in [4.69, 9.17) is 0 Å². The molecule has 0 unspecified atom stereocenters. The van der Waals surface area contributed by atoms with E-state index in [1.807, 2.05) is 0 Å². The van der Waals surface area contributed by atoms with E-state index in [2.05, 4.69) is 36.3 Å². The first kappa shape index (κ1) is 17.2. The van der Waals surface area contributed by atoms with Crippen LogP contribution >= 0.6 is 0 Å². The predicted molar refractivity (Wildman–Crippen MR) is 89.3 cm³/mol. The van der Waals surface area contributed by atoms with Gasteiger partial charge in [-0.25, -0.2) is 8.42 Å². The van der Waals surface area contributed by atoms with Crippen molar-refractivity contribution < 1.29 is 13.2 Å². The van der Waals surface area contributed by atoms with Crippen molar-refractivity contribution in [1.29, 1.82) is 0 Å². The van der Waals surface area contributed by atoms with Crippen molar-refractivity contribution in [3.05, 3.63) is 41.6 Å². The van der Waals surface area contributed by atoms with Gasteiger partial charge in [-0.1, -0.05) is 32.9 Å². The molecule has 1 aromatic carbocycles. The Morgan fingerprint density at radius 3 is 2.52 bits per heavy atom. The van der Waals surface area contributed by atoms with E-state index in [-0.39, 0.29) is 15.9 Å². The number of H-pyrrole nitrogens is 1. The summed E-state index contributed by atoms with van der Waals surface area (Å²) in [5.74, 6) is -0.127. The first-order valence-corrected chi connectivity index (χ1v) is 9.10. The van der Waals surface area contributed by atoms with Gasteiger partial charge in [0, 0.05) is 18.0 Å². The number of rotatable bonds is 4. The molecule has 1 heterocycles. The quantitative estimate of drug-likeness (QED) is 0.898. The number of anilines is 1. The van der Waals surface area contributed by atoms with Gasteiger partial charge in [-0.3, -0.25) is 9.89 Å². The molecule has 7 heteroatoms. The monoisotopic (exact) mass is 335 g/mol. The van der Waals surface area contributed by atoms with Crippen LogP contribution in [0.2, 0.25) is 0 Å². The molecule has 0 saturated carbocycles. The van der Waals surface area contributed by atoms with Crippen LogP contribution in [0, 0.1) is 5.41 Å². The number of amides is 1. The fourth-order valence-electron chi connectivity index (χ4n) is 2.25. The molecule has 1 amide bonds. The van der Waals surface area contributed by atoms with E-state index in [0.717, 1.165) is 18.4 Å². The highest BCUT2D eigenvalue weighted by Crippen LogP contribution is 2.21. The first-order chi connectivity index (χ1) is 10.6. The van der Waals surface area contributed by atoms with Gasteiger partial charge in [0.1, 0.15) is 0 Å². The van der Waals surface area contributed by atoms with Gasteiger partial charge in [0.05, 0.1) is 10.5 Å². The number of carbonyl (C=O) groups is 1. The van der Waals surface area contributed by atoms with E-state index in [9.17, 15) is 13.2 Å². The summed E-state index contributed by atoms with van der Waals surface area (Å²) in [5, 5.41) is 9.56. The smallest absolute Gasteiger partial charge is 0.258 e. The number of nitrogens with zero attached hydrogens (tertiary/aromatic N) is 1. The molecular weight excluding hydrogens is 314 g/mol. The second kappa shape index (κ2) is 6.16. The number of carbonyl (C=O) groups excluding carboxylic acids is 1. The van der Waals surface area contributed by atoms with Crippen LogP contribution in [-0.4, -0.2) is 30.8 Å². The zero-order valence-electron chi connectivity index (χ0n) is 13.7. The van der Waals surface area contributed by atoms with E-state index in [0.29, 0.717) is 5.82 Å². The fourth-order valence-corrected chi connectivity index (χ4v) is 3.13. The summed E-state index contributed by atoms with van der Waals surface area (Å²) >= 11 is 0. The first-order valence-electron chi connectivity index (χ1n) is 7.21. The van der Waals surface area contributed by atoms with Crippen molar-refractivity contribution in [3.8, 4) is 0 Å². The molecule has 2 aromatic rings. The Kier molecular flexibility index (Phi) is 4.61. The number of hydrogen-bond donors (Lipinski definition) is 2. The van der Waals surface area contributed by atoms with Crippen molar-refractivity contribution >= 4 is 21.6 Å². The summed E-state index contributed by atoms with van der Waals surface area (Å²) in [7, 11) is -3.48. The van der Waals surface area contributed by atoms with Crippen molar-refractivity contribution in [2.75, 3.05) is 11.6 Å². The third-order valence-corrected chi connectivity index (χ3v) is 4.28. The van der Waals surface area contributed by atoms with Gasteiger partial charge in [0.2, 0.25) is 0 Å². The Bertz CT molecular complexity index is 817. The van der Waals surface area contributed by atoms with Gasteiger partial charge in [0.15, 0.2) is 15.7 Å². The summed E-state index contributed by atoms with van der Waals surface area (Å²) in [6.07, 6.45) is 1.87. The maximum Gasteiger partial charge on any atom is 0.258 e. The normalized spacial score (nSPS) is 12.2. The Hall–Kier alpha value is -2.15. The summed E-state index contributed by atoms with van der Waals surface area (Å²) in [5.41, 5.74) is 1.11. The van der Waals surface area contributed by atoms with Crippen LogP contribution in [0.25, 0.3) is 0 Å². The number of sulfone groups is 1. The molecule has 0 bridgehead atoms. The van der Waals surface area contributed by atoms with Crippen LogP contribution in [0.4, 0.5) is 5.82 Å². The molecule has 0 saturated heterocycles. The molecule has 124 valence electrons. The van der Waals surface area contributed by atoms with Gasteiger partial charge >= 0.3 is 0 Å². The van der Waals surface area contributed by atoms with Gasteiger partial charge < -0.3 is 5.32 Å². The lowest BCUT2D eigenvalue weighted by molar-refractivity contribution is 0.102. The predicted octanol–water partition coefficient (Wildman–Crippen LogP) is 2.65. The van der Waals surface area contributed by atoms with Crippen molar-refractivity contribution in [2.45, 2.75) is 32.1 Å². The fraction of sp³-hybridized carbons (Fsp3) is 0.375. The van der Waals surface area contributed by atoms with Crippen molar-refractivity contribution in [2.24, 2.45) is 5.41 Å². The van der Waals surface area contributed by atoms with E-state index >= 15 is 0 Å². The Balaban J connectivity index is 2.21. The molecule has 0 spiro atoms. The van der Waals surface area contributed by atoms with E-state index < -0.39 is 15.7 Å². The largest absolute Gasteiger partial charge is 0.305 e. The SMILES string of the molecule is CC(C)(C)Cc1cc(NC(=O)c2ccccc2S(C)(=O)=O)n[nH]1. The minimum Gasteiger partial charge on any atom is -0.305 e. The highest BCUT2D eigenvalue weighted by Gasteiger charge is 2.19. The summed E-state index contributed by atoms with van der Waals surface area (Å²) in [6.45, 7) is 6.32. The molecule has 0 aliphatic carbocycles. The maximum absolute atomic E-state index is 12.3. The average molecular weight is 335 g/mol. The Morgan fingerprint density at radius 2 is 1.91 bits per heavy atom. The van der Waals surface area contributed by atoms with Gasteiger partial charge in [-0.15, -0.1) is 0 Å². The number of hydrogen-bond acceptors (Lipinski definition) is 4. The highest BCUT2D eigenvalue weighted by atomic mass is 32.2. The standard InChI is InChI=1S/C16H21N3O3S/c1-16(2,3)10-11-9-14(19-18-11)17-15(20)12-7-5-6-8-13(12)23(4,21)22/h5-9H,10H2,1-4H3,(H2,17,18,19,20). The van der Waals surface area contributed by atoms with Crippen LogP contribution < -0.4 is 5.32 Å². The molecule has 0 radical (unpaired) electrons. The third-order valence-electron chi connectivity index (χ3n) is 3.12. The Labute approximate surface area is 136 Å². The van der Waals surface area contributed by atoms with Gasteiger partial charge in [-0.05, 0) is 24.0 Å². The molecule has 0 aliphatic rings. The van der Waals surface area contributed by atoms with Gasteiger partial charge in [-0.2, -0.15) is 5.10 Å². The summed E-state index contributed by atoms with van der Waals surface area (Å²) in [6, 6.07) is 7.86. The maximum atomic E-state index is 12.3. The number of aromatic amines is 1. The molecule has 0 atom stereocenters. The van der Waals surface area contributed by atoms with Crippen molar-refractivity contribution in [3.63, 3.8) is 0 Å². The lowest BCUT2D eigenvalue weighted by Gasteiger charge is -2.15. The van der Waals surface area contributed by atoms with Crippen molar-refractivity contribution in [1.82, 2.24) is 10.2 Å². The number of benzene rings is 1. The average Bonchev–Trinajstić information content (AvgIpc) is 2.82. The lowest BCUT2D eigenvalue weighted by Crippen LogP contribution is -2.16. The molecule has 23 heavy (non-hydrogen) atoms. The molecule has 2 rings (SSSR count). The van der Waals surface area contributed by atoms with Crippen LogP contribution in [-0.2, 0) is 16.3 Å². The van der Waals surface area contributed by atoms with Crippen LogP contribution in [0.15, 0.2) is 35.2 Å². The van der Waals surface area contributed by atoms with E-state index in [1.54, 1.807) is 18.2 Å². The number of nitrogens with one attached hydrogen (secondary N) is 2. The minimum atomic E-state index is -3.48. The molecule has 1 aromatic heterocycles. The van der Waals surface area contributed by atoms with Crippen LogP contribution in [0.1, 0.15) is 36.8 Å². The highest BCUT2D eigenvalue weighted by molar-refractivity contribution is 7.90. The molecule has 0 aliphatic heterocycles. The molecular formula is C16H21N3O3S. The molecule has 6 nitrogen and oxygen atoms in total. The second-order valence-corrected chi connectivity index (χ2v) is 8.72. The lowest BCUT2D eigenvalue weighted by atomic mass is 9.91. The zero-order valence-corrected chi connectivity index (χ0v) is 14.5. The third kappa shape index (κ3) is 4.66. The van der Waals surface area contributed by atoms with Crippen LogP contribution in [0.3, 0.4) is 0 Å². The second-order valence-electron chi connectivity index (χ2n) is 6.74. The number of aromatic nitrogens is 2. The molecule has 2 N–H and O–H groups in total.